The van der Waals surface area contributed by atoms with Crippen molar-refractivity contribution in [2.45, 2.75) is 76.9 Å². The second kappa shape index (κ2) is 10.3. The van der Waals surface area contributed by atoms with Gasteiger partial charge in [-0.05, 0) is 49.1 Å². The summed E-state index contributed by atoms with van der Waals surface area (Å²) in [7, 11) is 0. The number of thiophene rings is 1. The van der Waals surface area contributed by atoms with Crippen LogP contribution in [0.3, 0.4) is 0 Å². The molecule has 6 nitrogen and oxygen atoms in total. The molecule has 0 saturated heterocycles. The Morgan fingerprint density at radius 3 is 2.59 bits per heavy atom. The maximum absolute atomic E-state index is 12.8. The predicted octanol–water partition coefficient (Wildman–Crippen LogP) is 6.20. The Balaban J connectivity index is 1.45. The van der Waals surface area contributed by atoms with Gasteiger partial charge < -0.3 is 9.88 Å². The second-order valence-electron chi connectivity index (χ2n) is 9.60. The summed E-state index contributed by atoms with van der Waals surface area (Å²) in [5.74, 6) is 0.897. The van der Waals surface area contributed by atoms with E-state index in [9.17, 15) is 10.1 Å². The molecule has 1 aliphatic carbocycles. The molecular formula is C26H31N5OS2. The quantitative estimate of drug-likeness (QED) is 0.327. The minimum atomic E-state index is -0.125. The molecule has 0 spiro atoms. The van der Waals surface area contributed by atoms with Crippen LogP contribution >= 0.6 is 23.1 Å². The number of rotatable bonds is 6. The molecule has 178 valence electrons. The molecule has 2 heterocycles. The lowest BCUT2D eigenvalue weighted by Gasteiger charge is -2.19. The molecule has 2 aromatic heterocycles. The van der Waals surface area contributed by atoms with E-state index in [4.69, 9.17) is 0 Å². The first kappa shape index (κ1) is 24.5. The van der Waals surface area contributed by atoms with Gasteiger partial charge in [-0.15, -0.1) is 21.5 Å². The number of thioether (sulfide) groups is 1. The molecule has 0 atom stereocenters. The third-order valence-electron chi connectivity index (χ3n) is 6.16. The minimum Gasteiger partial charge on any atom is -0.316 e. The average molecular weight is 494 g/mol. The molecule has 0 saturated carbocycles. The highest BCUT2D eigenvalue weighted by Crippen LogP contribution is 2.37. The molecule has 0 fully saturated rings. The van der Waals surface area contributed by atoms with E-state index < -0.39 is 0 Å². The van der Waals surface area contributed by atoms with Crippen molar-refractivity contribution in [3.05, 3.63) is 45.8 Å². The number of nitrogens with one attached hydrogen (secondary N) is 1. The van der Waals surface area contributed by atoms with Gasteiger partial charge in [0.15, 0.2) is 11.0 Å². The van der Waals surface area contributed by atoms with Crippen LogP contribution in [0.25, 0.3) is 11.4 Å². The second-order valence-corrected chi connectivity index (χ2v) is 11.6. The summed E-state index contributed by atoms with van der Waals surface area (Å²) in [4.78, 5) is 14.0. The number of fused-ring (bicyclic) bond motifs is 1. The molecule has 3 aromatic rings. The molecule has 0 unspecified atom stereocenters. The SMILES string of the molecule is CCn1c(SCC(=O)Nc2sc3c(c2C#N)CCCCC3)nnc1-c1ccc(C(C)(C)C)cc1. The first-order valence-corrected chi connectivity index (χ1v) is 13.6. The number of carbonyl (C=O) groups excluding carboxylic acids is 1. The Hall–Kier alpha value is -2.63. The fourth-order valence-electron chi connectivity index (χ4n) is 4.26. The molecule has 1 amide bonds. The van der Waals surface area contributed by atoms with Crippen molar-refractivity contribution in [2.75, 3.05) is 11.1 Å². The van der Waals surface area contributed by atoms with Crippen molar-refractivity contribution in [3.63, 3.8) is 0 Å². The topological polar surface area (TPSA) is 83.6 Å². The number of nitriles is 1. The van der Waals surface area contributed by atoms with E-state index in [1.54, 1.807) is 11.3 Å². The Kier molecular flexibility index (Phi) is 7.44. The number of benzene rings is 1. The first-order chi connectivity index (χ1) is 16.3. The fourth-order valence-corrected chi connectivity index (χ4v) is 6.31. The molecule has 1 aromatic carbocycles. The Labute approximate surface area is 209 Å². The van der Waals surface area contributed by atoms with Gasteiger partial charge in [0, 0.05) is 17.0 Å². The van der Waals surface area contributed by atoms with Crippen LogP contribution < -0.4 is 5.32 Å². The lowest BCUT2D eigenvalue weighted by molar-refractivity contribution is -0.113. The van der Waals surface area contributed by atoms with Crippen molar-refractivity contribution >= 4 is 34.0 Å². The van der Waals surface area contributed by atoms with Crippen molar-refractivity contribution in [2.24, 2.45) is 0 Å². The summed E-state index contributed by atoms with van der Waals surface area (Å²) in [6.07, 6.45) is 5.38. The van der Waals surface area contributed by atoms with Crippen LogP contribution in [0.5, 0.6) is 0 Å². The minimum absolute atomic E-state index is 0.0950. The maximum Gasteiger partial charge on any atom is 0.235 e. The number of aromatic nitrogens is 3. The van der Waals surface area contributed by atoms with Gasteiger partial charge in [0.25, 0.3) is 0 Å². The highest BCUT2D eigenvalue weighted by Gasteiger charge is 2.22. The van der Waals surface area contributed by atoms with E-state index in [1.807, 2.05) is 4.57 Å². The van der Waals surface area contributed by atoms with Crippen molar-refractivity contribution < 1.29 is 4.79 Å². The normalized spacial score (nSPS) is 13.7. The van der Waals surface area contributed by atoms with Crippen LogP contribution in [0.15, 0.2) is 29.4 Å². The molecule has 8 heteroatoms. The van der Waals surface area contributed by atoms with E-state index in [1.165, 1.54) is 28.6 Å². The molecule has 4 rings (SSSR count). The predicted molar refractivity (Wildman–Crippen MR) is 139 cm³/mol. The molecular weight excluding hydrogens is 462 g/mol. The Bertz CT molecular complexity index is 1210. The molecule has 1 aliphatic rings. The summed E-state index contributed by atoms with van der Waals surface area (Å²) in [5, 5.41) is 22.9. The smallest absolute Gasteiger partial charge is 0.235 e. The van der Waals surface area contributed by atoms with E-state index in [2.05, 4.69) is 73.5 Å². The number of hydrogen-bond donors (Lipinski definition) is 1. The molecule has 0 radical (unpaired) electrons. The van der Waals surface area contributed by atoms with Gasteiger partial charge in [-0.2, -0.15) is 5.26 Å². The van der Waals surface area contributed by atoms with Gasteiger partial charge in [-0.3, -0.25) is 4.79 Å². The average Bonchev–Trinajstić information content (AvgIpc) is 3.29. The molecule has 34 heavy (non-hydrogen) atoms. The van der Waals surface area contributed by atoms with Crippen LogP contribution in [0.1, 0.15) is 68.5 Å². The summed E-state index contributed by atoms with van der Waals surface area (Å²) in [5.41, 5.74) is 4.17. The molecule has 1 N–H and O–H groups in total. The van der Waals surface area contributed by atoms with Gasteiger partial charge in [0.05, 0.1) is 11.3 Å². The van der Waals surface area contributed by atoms with Crippen LogP contribution in [0.4, 0.5) is 5.00 Å². The molecule has 0 bridgehead atoms. The zero-order chi connectivity index (χ0) is 24.3. The van der Waals surface area contributed by atoms with Gasteiger partial charge >= 0.3 is 0 Å². The van der Waals surface area contributed by atoms with Crippen LogP contribution in [-0.2, 0) is 29.6 Å². The number of nitrogens with zero attached hydrogens (tertiary/aromatic N) is 4. The van der Waals surface area contributed by atoms with Crippen LogP contribution in [0, 0.1) is 11.3 Å². The summed E-state index contributed by atoms with van der Waals surface area (Å²) in [6, 6.07) is 10.8. The summed E-state index contributed by atoms with van der Waals surface area (Å²) >= 11 is 2.94. The monoisotopic (exact) mass is 493 g/mol. The number of carbonyl (C=O) groups is 1. The zero-order valence-corrected chi connectivity index (χ0v) is 21.9. The lowest BCUT2D eigenvalue weighted by Crippen LogP contribution is -2.14. The standard InChI is InChI=1S/C26H31N5OS2/c1-5-31-23(17-11-13-18(14-12-17)26(2,3)4)29-30-25(31)33-16-22(32)28-24-20(15-27)19-9-7-6-8-10-21(19)34-24/h11-14H,5-10,16H2,1-4H3,(H,28,32). The van der Waals surface area contributed by atoms with Crippen molar-refractivity contribution in [1.82, 2.24) is 14.8 Å². The zero-order valence-electron chi connectivity index (χ0n) is 20.3. The third-order valence-corrected chi connectivity index (χ3v) is 8.33. The number of aryl methyl sites for hydroxylation is 1. The molecule has 0 aliphatic heterocycles. The van der Waals surface area contributed by atoms with E-state index in [0.717, 1.165) is 47.8 Å². The third kappa shape index (κ3) is 5.21. The largest absolute Gasteiger partial charge is 0.316 e. The van der Waals surface area contributed by atoms with Gasteiger partial charge in [0.2, 0.25) is 5.91 Å². The maximum atomic E-state index is 12.8. The summed E-state index contributed by atoms with van der Waals surface area (Å²) < 4.78 is 2.04. The van der Waals surface area contributed by atoms with E-state index in [-0.39, 0.29) is 17.1 Å². The highest BCUT2D eigenvalue weighted by atomic mass is 32.2. The number of anilines is 1. The highest BCUT2D eigenvalue weighted by molar-refractivity contribution is 7.99. The van der Waals surface area contributed by atoms with E-state index >= 15 is 0 Å². The van der Waals surface area contributed by atoms with Gasteiger partial charge in [0.1, 0.15) is 11.1 Å². The first-order valence-electron chi connectivity index (χ1n) is 11.8. The van der Waals surface area contributed by atoms with E-state index in [0.29, 0.717) is 17.1 Å². The number of hydrogen-bond acceptors (Lipinski definition) is 6. The van der Waals surface area contributed by atoms with Crippen LogP contribution in [0.2, 0.25) is 0 Å². The van der Waals surface area contributed by atoms with Crippen LogP contribution in [-0.4, -0.2) is 26.4 Å². The van der Waals surface area contributed by atoms with Gasteiger partial charge in [-0.25, -0.2) is 0 Å². The van der Waals surface area contributed by atoms with Crippen molar-refractivity contribution in [1.29, 1.82) is 5.26 Å². The van der Waals surface area contributed by atoms with Gasteiger partial charge in [-0.1, -0.05) is 63.2 Å². The Morgan fingerprint density at radius 2 is 1.91 bits per heavy atom. The fraction of sp³-hybridized carbons (Fsp3) is 0.462. The lowest BCUT2D eigenvalue weighted by atomic mass is 9.87. The summed E-state index contributed by atoms with van der Waals surface area (Å²) in [6.45, 7) is 9.36. The van der Waals surface area contributed by atoms with Crippen molar-refractivity contribution in [3.8, 4) is 17.5 Å². The number of amides is 1. The Morgan fingerprint density at radius 1 is 1.18 bits per heavy atom.